The number of rotatable bonds is 7. The summed E-state index contributed by atoms with van der Waals surface area (Å²) in [7, 11) is 0. The molecule has 0 saturated heterocycles. The third-order valence-corrected chi connectivity index (χ3v) is 5.74. The van der Waals surface area contributed by atoms with Crippen molar-refractivity contribution in [1.29, 1.82) is 0 Å². The SMILES string of the molecule is Cc1ccc(F)c(CNc2ncc([N+](=O)[O-])c(NC[C@H]3CC[C@H](N)CC3)n2)c1Cl. The molecule has 4 N–H and O–H groups in total. The van der Waals surface area contributed by atoms with Crippen LogP contribution in [0, 0.1) is 28.8 Å². The molecule has 3 rings (SSSR count). The molecule has 156 valence electrons. The summed E-state index contributed by atoms with van der Waals surface area (Å²) in [6.07, 6.45) is 5.00. The number of hydrogen-bond acceptors (Lipinski definition) is 7. The highest BCUT2D eigenvalue weighted by atomic mass is 35.5. The molecule has 0 unspecified atom stereocenters. The Morgan fingerprint density at radius 2 is 2.03 bits per heavy atom. The van der Waals surface area contributed by atoms with Gasteiger partial charge in [0.1, 0.15) is 12.0 Å². The standard InChI is InChI=1S/C19H24ClFN6O2/c1-11-2-7-15(21)14(17(11)20)9-24-19-25-10-16(27(28)29)18(26-19)23-8-12-3-5-13(22)6-4-12/h2,7,10,12-13H,3-6,8-9,22H2,1H3,(H2,23,24,25,26)/t12-,13-. The van der Waals surface area contributed by atoms with E-state index >= 15 is 0 Å². The normalized spacial score (nSPS) is 19.0. The van der Waals surface area contributed by atoms with E-state index in [9.17, 15) is 14.5 Å². The van der Waals surface area contributed by atoms with Crippen LogP contribution in [0.15, 0.2) is 18.3 Å². The van der Waals surface area contributed by atoms with E-state index in [1.54, 1.807) is 13.0 Å². The molecule has 1 aromatic heterocycles. The number of nitro groups is 1. The first kappa shape index (κ1) is 21.2. The van der Waals surface area contributed by atoms with Crippen LogP contribution in [0.4, 0.5) is 21.8 Å². The number of nitrogens with two attached hydrogens (primary N) is 1. The van der Waals surface area contributed by atoms with Gasteiger partial charge in [0.15, 0.2) is 0 Å². The number of halogens is 2. The minimum atomic E-state index is -0.528. The van der Waals surface area contributed by atoms with Crippen LogP contribution < -0.4 is 16.4 Å². The van der Waals surface area contributed by atoms with Crippen LogP contribution in [0.3, 0.4) is 0 Å². The Kier molecular flexibility index (Phi) is 6.81. The maximum absolute atomic E-state index is 14.1. The predicted molar refractivity (Wildman–Crippen MR) is 111 cm³/mol. The van der Waals surface area contributed by atoms with Gasteiger partial charge < -0.3 is 16.4 Å². The van der Waals surface area contributed by atoms with Crippen molar-refractivity contribution < 1.29 is 9.31 Å². The molecule has 1 aromatic carbocycles. The predicted octanol–water partition coefficient (Wildman–Crippen LogP) is 4.03. The lowest BCUT2D eigenvalue weighted by molar-refractivity contribution is -0.384. The average molecular weight is 423 g/mol. The van der Waals surface area contributed by atoms with Gasteiger partial charge in [-0.25, -0.2) is 9.37 Å². The molecule has 0 radical (unpaired) electrons. The average Bonchev–Trinajstić information content (AvgIpc) is 2.70. The van der Waals surface area contributed by atoms with E-state index in [2.05, 4.69) is 20.6 Å². The Hall–Kier alpha value is -2.52. The summed E-state index contributed by atoms with van der Waals surface area (Å²) in [6, 6.07) is 3.19. The minimum absolute atomic E-state index is 0.0596. The Morgan fingerprint density at radius 3 is 2.72 bits per heavy atom. The molecule has 1 aliphatic rings. The van der Waals surface area contributed by atoms with E-state index in [0.29, 0.717) is 23.0 Å². The summed E-state index contributed by atoms with van der Waals surface area (Å²) in [5.74, 6) is 0.240. The van der Waals surface area contributed by atoms with Crippen molar-refractivity contribution in [3.63, 3.8) is 0 Å². The summed E-state index contributed by atoms with van der Waals surface area (Å²) in [4.78, 5) is 19.0. The van der Waals surface area contributed by atoms with Crippen molar-refractivity contribution in [2.45, 2.75) is 45.2 Å². The first-order valence-electron chi connectivity index (χ1n) is 9.53. The van der Waals surface area contributed by atoms with Crippen molar-refractivity contribution in [3.05, 3.63) is 50.4 Å². The summed E-state index contributed by atoms with van der Waals surface area (Å²) in [5, 5.41) is 17.6. The number of hydrogen-bond donors (Lipinski definition) is 3. The molecule has 1 fully saturated rings. The topological polar surface area (TPSA) is 119 Å². The number of nitrogens with one attached hydrogen (secondary N) is 2. The molecule has 0 spiro atoms. The van der Waals surface area contributed by atoms with Gasteiger partial charge in [-0.2, -0.15) is 4.98 Å². The van der Waals surface area contributed by atoms with E-state index in [1.807, 2.05) is 0 Å². The van der Waals surface area contributed by atoms with Crippen molar-refractivity contribution in [2.75, 3.05) is 17.2 Å². The van der Waals surface area contributed by atoms with E-state index < -0.39 is 10.7 Å². The minimum Gasteiger partial charge on any atom is -0.364 e. The van der Waals surface area contributed by atoms with Gasteiger partial charge in [0, 0.05) is 24.7 Å². The van der Waals surface area contributed by atoms with Crippen LogP contribution in [0.1, 0.15) is 36.8 Å². The third kappa shape index (κ3) is 5.30. The lowest BCUT2D eigenvalue weighted by Crippen LogP contribution is -2.29. The summed E-state index contributed by atoms with van der Waals surface area (Å²) < 4.78 is 14.1. The van der Waals surface area contributed by atoms with Gasteiger partial charge in [-0.05, 0) is 50.2 Å². The molecule has 1 heterocycles. The lowest BCUT2D eigenvalue weighted by atomic mass is 9.86. The van der Waals surface area contributed by atoms with Gasteiger partial charge >= 0.3 is 5.69 Å². The monoisotopic (exact) mass is 422 g/mol. The molecule has 1 saturated carbocycles. The quantitative estimate of drug-likeness (QED) is 0.455. The second-order valence-electron chi connectivity index (χ2n) is 7.36. The summed E-state index contributed by atoms with van der Waals surface area (Å²) in [6.45, 7) is 2.42. The van der Waals surface area contributed by atoms with E-state index in [0.717, 1.165) is 37.4 Å². The number of nitrogens with zero attached hydrogens (tertiary/aromatic N) is 3. The number of anilines is 2. The molecule has 0 aliphatic heterocycles. The third-order valence-electron chi connectivity index (χ3n) is 5.22. The number of benzene rings is 1. The fourth-order valence-corrected chi connectivity index (χ4v) is 3.62. The second-order valence-corrected chi connectivity index (χ2v) is 7.73. The van der Waals surface area contributed by atoms with Gasteiger partial charge in [-0.15, -0.1) is 0 Å². The highest BCUT2D eigenvalue weighted by Crippen LogP contribution is 2.27. The first-order valence-corrected chi connectivity index (χ1v) is 9.91. The van der Waals surface area contributed by atoms with Crippen LogP contribution in [-0.4, -0.2) is 27.5 Å². The Morgan fingerprint density at radius 1 is 1.31 bits per heavy atom. The molecule has 0 bridgehead atoms. The zero-order valence-corrected chi connectivity index (χ0v) is 16.9. The van der Waals surface area contributed by atoms with Gasteiger partial charge in [-0.1, -0.05) is 17.7 Å². The highest BCUT2D eigenvalue weighted by molar-refractivity contribution is 6.32. The number of aromatic nitrogens is 2. The zero-order chi connectivity index (χ0) is 21.0. The smallest absolute Gasteiger partial charge is 0.329 e. The van der Waals surface area contributed by atoms with Crippen LogP contribution in [0.2, 0.25) is 5.02 Å². The highest BCUT2D eigenvalue weighted by Gasteiger charge is 2.22. The van der Waals surface area contributed by atoms with Crippen LogP contribution >= 0.6 is 11.6 Å². The fourth-order valence-electron chi connectivity index (χ4n) is 3.40. The van der Waals surface area contributed by atoms with E-state index in [-0.39, 0.29) is 30.0 Å². The molecule has 0 atom stereocenters. The first-order chi connectivity index (χ1) is 13.8. The lowest BCUT2D eigenvalue weighted by Gasteiger charge is -2.26. The maximum Gasteiger partial charge on any atom is 0.329 e. The van der Waals surface area contributed by atoms with Gasteiger partial charge in [-0.3, -0.25) is 10.1 Å². The Balaban J connectivity index is 1.71. The van der Waals surface area contributed by atoms with Crippen molar-refractivity contribution in [1.82, 2.24) is 9.97 Å². The maximum atomic E-state index is 14.1. The summed E-state index contributed by atoms with van der Waals surface area (Å²) >= 11 is 6.18. The zero-order valence-electron chi connectivity index (χ0n) is 16.1. The van der Waals surface area contributed by atoms with Crippen LogP contribution in [0.25, 0.3) is 0 Å². The molecule has 2 aromatic rings. The van der Waals surface area contributed by atoms with Crippen molar-refractivity contribution >= 4 is 29.1 Å². The van der Waals surface area contributed by atoms with Gasteiger partial charge in [0.25, 0.3) is 0 Å². The molecule has 8 nitrogen and oxygen atoms in total. The van der Waals surface area contributed by atoms with Crippen molar-refractivity contribution in [3.8, 4) is 0 Å². The van der Waals surface area contributed by atoms with E-state index in [4.69, 9.17) is 17.3 Å². The van der Waals surface area contributed by atoms with Crippen LogP contribution in [-0.2, 0) is 6.54 Å². The molecule has 10 heteroatoms. The Bertz CT molecular complexity index is 889. The molecular formula is C19H24ClFN6O2. The molecule has 29 heavy (non-hydrogen) atoms. The summed E-state index contributed by atoms with van der Waals surface area (Å²) in [5.41, 5.74) is 6.77. The largest absolute Gasteiger partial charge is 0.364 e. The number of aryl methyl sites for hydroxylation is 1. The van der Waals surface area contributed by atoms with Crippen LogP contribution in [0.5, 0.6) is 0 Å². The van der Waals surface area contributed by atoms with Gasteiger partial charge in [0.05, 0.1) is 9.95 Å². The molecular weight excluding hydrogens is 399 g/mol. The Labute approximate surface area is 173 Å². The fraction of sp³-hybridized carbons (Fsp3) is 0.474. The molecule has 1 aliphatic carbocycles. The van der Waals surface area contributed by atoms with Gasteiger partial charge in [0.2, 0.25) is 11.8 Å². The second kappa shape index (κ2) is 9.32. The van der Waals surface area contributed by atoms with E-state index in [1.165, 1.54) is 6.07 Å². The van der Waals surface area contributed by atoms with Crippen molar-refractivity contribution in [2.24, 2.45) is 11.7 Å². The molecule has 0 amide bonds.